The Labute approximate surface area is 125 Å². The molecule has 0 spiro atoms. The van der Waals surface area contributed by atoms with Gasteiger partial charge in [-0.2, -0.15) is 0 Å². The van der Waals surface area contributed by atoms with Gasteiger partial charge in [0.15, 0.2) is 0 Å². The largest absolute Gasteiger partial charge is 0.378 e. The topological polar surface area (TPSA) is 12.0 Å². The van der Waals surface area contributed by atoms with Crippen molar-refractivity contribution in [3.05, 3.63) is 62.8 Å². The van der Waals surface area contributed by atoms with Crippen LogP contribution in [0.4, 0.5) is 10.1 Å². The number of aryl methyl sites for hydroxylation is 1. The minimum Gasteiger partial charge on any atom is -0.378 e. The predicted octanol–water partition coefficient (Wildman–Crippen LogP) is 5.72. The van der Waals surface area contributed by atoms with Crippen molar-refractivity contribution >= 4 is 33.2 Å². The van der Waals surface area contributed by atoms with E-state index in [0.717, 1.165) is 21.3 Å². The minimum atomic E-state index is -0.248. The summed E-state index contributed by atoms with van der Waals surface area (Å²) in [4.78, 5) is 0. The second-order valence-corrected chi connectivity index (χ2v) is 5.81. The van der Waals surface area contributed by atoms with Crippen LogP contribution in [0.5, 0.6) is 0 Å². The standard InChI is InChI=1S/C15H14BrClFN/c1-9-3-5-12(18)8-15(9)19-10(2)13-6-4-11(16)7-14(13)17/h3-8,10,19H,1-2H3. The molecule has 100 valence electrons. The molecule has 0 saturated heterocycles. The lowest BCUT2D eigenvalue weighted by Crippen LogP contribution is -2.08. The van der Waals surface area contributed by atoms with Crippen LogP contribution in [0.3, 0.4) is 0 Å². The third-order valence-electron chi connectivity index (χ3n) is 3.00. The second kappa shape index (κ2) is 5.93. The van der Waals surface area contributed by atoms with Gasteiger partial charge in [0.1, 0.15) is 5.82 Å². The molecule has 1 nitrogen and oxygen atoms in total. The molecule has 0 bridgehead atoms. The molecule has 0 aliphatic rings. The molecule has 4 heteroatoms. The normalized spacial score (nSPS) is 12.3. The van der Waals surface area contributed by atoms with E-state index < -0.39 is 0 Å². The SMILES string of the molecule is Cc1ccc(F)cc1NC(C)c1ccc(Br)cc1Cl. The quantitative estimate of drug-likeness (QED) is 0.752. The van der Waals surface area contributed by atoms with E-state index in [-0.39, 0.29) is 11.9 Å². The zero-order valence-electron chi connectivity index (χ0n) is 10.7. The molecule has 2 rings (SSSR count). The monoisotopic (exact) mass is 341 g/mol. The second-order valence-electron chi connectivity index (χ2n) is 4.49. The Morgan fingerprint density at radius 1 is 1.21 bits per heavy atom. The van der Waals surface area contributed by atoms with Crippen LogP contribution in [0.15, 0.2) is 40.9 Å². The third-order valence-corrected chi connectivity index (χ3v) is 3.82. The highest BCUT2D eigenvalue weighted by Crippen LogP contribution is 2.29. The first-order chi connectivity index (χ1) is 8.97. The maximum absolute atomic E-state index is 13.3. The van der Waals surface area contributed by atoms with Gasteiger partial charge in [0.25, 0.3) is 0 Å². The van der Waals surface area contributed by atoms with Gasteiger partial charge in [0.2, 0.25) is 0 Å². The summed E-state index contributed by atoms with van der Waals surface area (Å²) in [7, 11) is 0. The molecule has 0 aliphatic carbocycles. The van der Waals surface area contributed by atoms with Crippen molar-refractivity contribution < 1.29 is 4.39 Å². The van der Waals surface area contributed by atoms with Gasteiger partial charge in [0.05, 0.1) is 6.04 Å². The van der Waals surface area contributed by atoms with Gasteiger partial charge >= 0.3 is 0 Å². The number of hydrogen-bond acceptors (Lipinski definition) is 1. The van der Waals surface area contributed by atoms with Crippen molar-refractivity contribution in [1.82, 2.24) is 0 Å². The van der Waals surface area contributed by atoms with Gasteiger partial charge in [-0.1, -0.05) is 39.7 Å². The first-order valence-electron chi connectivity index (χ1n) is 5.95. The summed E-state index contributed by atoms with van der Waals surface area (Å²) in [5.41, 5.74) is 2.77. The lowest BCUT2D eigenvalue weighted by molar-refractivity contribution is 0.627. The number of benzene rings is 2. The summed E-state index contributed by atoms with van der Waals surface area (Å²) < 4.78 is 14.2. The molecule has 19 heavy (non-hydrogen) atoms. The molecule has 1 atom stereocenters. The van der Waals surface area contributed by atoms with E-state index in [1.807, 2.05) is 32.0 Å². The maximum Gasteiger partial charge on any atom is 0.125 e. The molecule has 2 aromatic carbocycles. The smallest absolute Gasteiger partial charge is 0.125 e. The van der Waals surface area contributed by atoms with Crippen LogP contribution in [0.25, 0.3) is 0 Å². The van der Waals surface area contributed by atoms with Gasteiger partial charge < -0.3 is 5.32 Å². The lowest BCUT2D eigenvalue weighted by atomic mass is 10.1. The summed E-state index contributed by atoms with van der Waals surface area (Å²) in [6, 6.07) is 10.5. The molecule has 0 amide bonds. The predicted molar refractivity (Wildman–Crippen MR) is 82.3 cm³/mol. The van der Waals surface area contributed by atoms with Crippen molar-refractivity contribution in [2.24, 2.45) is 0 Å². The summed E-state index contributed by atoms with van der Waals surface area (Å²) in [5, 5.41) is 3.97. The van der Waals surface area contributed by atoms with Gasteiger partial charge in [-0.15, -0.1) is 0 Å². The van der Waals surface area contributed by atoms with Gasteiger partial charge in [-0.05, 0) is 49.2 Å². The van der Waals surface area contributed by atoms with Crippen LogP contribution in [-0.2, 0) is 0 Å². The van der Waals surface area contributed by atoms with Crippen molar-refractivity contribution in [3.8, 4) is 0 Å². The van der Waals surface area contributed by atoms with Crippen LogP contribution in [0, 0.1) is 12.7 Å². The number of rotatable bonds is 3. The zero-order valence-corrected chi connectivity index (χ0v) is 13.0. The highest BCUT2D eigenvalue weighted by molar-refractivity contribution is 9.10. The Hall–Kier alpha value is -1.06. The molecule has 2 aromatic rings. The summed E-state index contributed by atoms with van der Waals surface area (Å²) in [6.45, 7) is 3.94. The van der Waals surface area contributed by atoms with Crippen molar-refractivity contribution in [1.29, 1.82) is 0 Å². The number of anilines is 1. The van der Waals surface area contributed by atoms with E-state index in [1.165, 1.54) is 12.1 Å². The van der Waals surface area contributed by atoms with Crippen LogP contribution in [-0.4, -0.2) is 0 Å². The van der Waals surface area contributed by atoms with E-state index in [4.69, 9.17) is 11.6 Å². The van der Waals surface area contributed by atoms with E-state index in [2.05, 4.69) is 21.2 Å². The van der Waals surface area contributed by atoms with E-state index in [9.17, 15) is 4.39 Å². The highest BCUT2D eigenvalue weighted by atomic mass is 79.9. The summed E-state index contributed by atoms with van der Waals surface area (Å²) in [5.74, 6) is -0.248. The Bertz CT molecular complexity index is 601. The zero-order chi connectivity index (χ0) is 14.0. The van der Waals surface area contributed by atoms with Crippen molar-refractivity contribution in [2.75, 3.05) is 5.32 Å². The maximum atomic E-state index is 13.3. The Morgan fingerprint density at radius 3 is 2.63 bits per heavy atom. The Balaban J connectivity index is 2.25. The fourth-order valence-corrected chi connectivity index (χ4v) is 2.75. The average Bonchev–Trinajstić information content (AvgIpc) is 2.33. The third kappa shape index (κ3) is 3.48. The van der Waals surface area contributed by atoms with E-state index in [1.54, 1.807) is 6.07 Å². The average molecular weight is 343 g/mol. The van der Waals surface area contributed by atoms with Crippen LogP contribution in [0.2, 0.25) is 5.02 Å². The number of hydrogen-bond donors (Lipinski definition) is 1. The Kier molecular flexibility index (Phi) is 4.48. The molecule has 0 saturated carbocycles. The van der Waals surface area contributed by atoms with Gasteiger partial charge in [-0.25, -0.2) is 4.39 Å². The van der Waals surface area contributed by atoms with Crippen molar-refractivity contribution in [3.63, 3.8) is 0 Å². The summed E-state index contributed by atoms with van der Waals surface area (Å²) >= 11 is 9.60. The Morgan fingerprint density at radius 2 is 1.95 bits per heavy atom. The lowest BCUT2D eigenvalue weighted by Gasteiger charge is -2.18. The van der Waals surface area contributed by atoms with E-state index in [0.29, 0.717) is 5.02 Å². The van der Waals surface area contributed by atoms with Gasteiger partial charge in [-0.3, -0.25) is 0 Å². The van der Waals surface area contributed by atoms with Crippen LogP contribution >= 0.6 is 27.5 Å². The fourth-order valence-electron chi connectivity index (χ4n) is 1.91. The van der Waals surface area contributed by atoms with Crippen molar-refractivity contribution in [2.45, 2.75) is 19.9 Å². The van der Waals surface area contributed by atoms with Crippen LogP contribution in [0.1, 0.15) is 24.1 Å². The number of nitrogens with one attached hydrogen (secondary N) is 1. The van der Waals surface area contributed by atoms with E-state index >= 15 is 0 Å². The highest BCUT2D eigenvalue weighted by Gasteiger charge is 2.11. The fraction of sp³-hybridized carbons (Fsp3) is 0.200. The molecule has 0 fully saturated rings. The minimum absolute atomic E-state index is 0.00102. The summed E-state index contributed by atoms with van der Waals surface area (Å²) in [6.07, 6.45) is 0. The van der Waals surface area contributed by atoms with Crippen LogP contribution < -0.4 is 5.32 Å². The molecule has 0 radical (unpaired) electrons. The van der Waals surface area contributed by atoms with Gasteiger partial charge in [0, 0.05) is 15.2 Å². The molecule has 0 heterocycles. The molecular formula is C15H14BrClFN. The number of halogens is 3. The molecule has 1 unspecified atom stereocenters. The first kappa shape index (κ1) is 14.4. The first-order valence-corrected chi connectivity index (χ1v) is 7.12. The molecular weight excluding hydrogens is 329 g/mol. The molecule has 1 N–H and O–H groups in total. The molecule has 0 aromatic heterocycles. The molecule has 0 aliphatic heterocycles.